The molecule has 0 atom stereocenters. The largest absolute Gasteiger partial charge is 0.548 e. The molecule has 0 saturated carbocycles. The summed E-state index contributed by atoms with van der Waals surface area (Å²) in [5.41, 5.74) is 1.72. The first-order valence-electron chi connectivity index (χ1n) is 8.28. The van der Waals surface area contributed by atoms with Gasteiger partial charge < -0.3 is 19.4 Å². The summed E-state index contributed by atoms with van der Waals surface area (Å²) in [7, 11) is 1.55. The molecule has 1 heterocycles. The number of ether oxygens (including phenoxy) is 2. The summed E-state index contributed by atoms with van der Waals surface area (Å²) >= 11 is 6.13. The van der Waals surface area contributed by atoms with Crippen molar-refractivity contribution >= 4 is 46.3 Å². The molecular formula is C20H16NO5S2-. The number of carboxylic acid groups (broad SMARTS) is 1. The number of aliphatic carboxylic acids is 1. The standard InChI is InChI=1S/C20H17NO5S2/c1-25-15-8-7-14(9-16(15)26-12-13-5-3-2-4-6-13)10-17-19(24)21(11-18(22)23)20(27)28-17/h2-10H,11-12H2,1H3,(H,22,23)/p-1/b17-10-. The number of methoxy groups -OCH3 is 1. The van der Waals surface area contributed by atoms with Crippen LogP contribution in [-0.4, -0.2) is 34.8 Å². The van der Waals surface area contributed by atoms with Crippen molar-refractivity contribution in [3.8, 4) is 11.5 Å². The number of hydrogen-bond donors (Lipinski definition) is 0. The lowest BCUT2D eigenvalue weighted by Gasteiger charge is -2.14. The zero-order chi connectivity index (χ0) is 20.1. The first-order valence-corrected chi connectivity index (χ1v) is 9.50. The molecular weight excluding hydrogens is 398 g/mol. The number of amides is 1. The third-order valence-corrected chi connectivity index (χ3v) is 5.26. The van der Waals surface area contributed by atoms with Gasteiger partial charge in [0.25, 0.3) is 5.91 Å². The number of carbonyl (C=O) groups excluding carboxylic acids is 2. The Bertz CT molecular complexity index is 943. The van der Waals surface area contributed by atoms with Crippen LogP contribution < -0.4 is 14.6 Å². The Balaban J connectivity index is 1.81. The zero-order valence-corrected chi connectivity index (χ0v) is 16.5. The molecule has 0 bridgehead atoms. The molecule has 1 fully saturated rings. The van der Waals surface area contributed by atoms with Crippen LogP contribution in [0.2, 0.25) is 0 Å². The fourth-order valence-electron chi connectivity index (χ4n) is 2.55. The molecule has 8 heteroatoms. The van der Waals surface area contributed by atoms with Crippen molar-refractivity contribution in [2.24, 2.45) is 0 Å². The van der Waals surface area contributed by atoms with Gasteiger partial charge in [0.2, 0.25) is 0 Å². The van der Waals surface area contributed by atoms with E-state index in [-0.39, 0.29) is 4.32 Å². The normalized spacial score (nSPS) is 15.2. The van der Waals surface area contributed by atoms with Gasteiger partial charge in [-0.05, 0) is 29.3 Å². The third-order valence-electron chi connectivity index (χ3n) is 3.88. The Kier molecular flexibility index (Phi) is 6.33. The van der Waals surface area contributed by atoms with Gasteiger partial charge >= 0.3 is 0 Å². The number of nitrogens with zero attached hydrogens (tertiary/aromatic N) is 1. The van der Waals surface area contributed by atoms with E-state index in [0.29, 0.717) is 28.6 Å². The summed E-state index contributed by atoms with van der Waals surface area (Å²) in [5.74, 6) is -0.719. The van der Waals surface area contributed by atoms with Crippen LogP contribution in [0.5, 0.6) is 11.5 Å². The maximum atomic E-state index is 12.4. The van der Waals surface area contributed by atoms with Crippen LogP contribution in [0.4, 0.5) is 0 Å². The van der Waals surface area contributed by atoms with E-state index >= 15 is 0 Å². The second-order valence-electron chi connectivity index (χ2n) is 5.82. The Hall–Kier alpha value is -2.84. The van der Waals surface area contributed by atoms with Crippen molar-refractivity contribution in [1.29, 1.82) is 0 Å². The van der Waals surface area contributed by atoms with Crippen LogP contribution in [-0.2, 0) is 16.2 Å². The molecule has 3 rings (SSSR count). The monoisotopic (exact) mass is 414 g/mol. The van der Waals surface area contributed by atoms with Gasteiger partial charge in [0.1, 0.15) is 10.9 Å². The predicted octanol–water partition coefficient (Wildman–Crippen LogP) is 2.23. The smallest absolute Gasteiger partial charge is 0.266 e. The van der Waals surface area contributed by atoms with Crippen LogP contribution in [0.15, 0.2) is 53.4 Å². The quantitative estimate of drug-likeness (QED) is 0.508. The molecule has 144 valence electrons. The molecule has 0 aromatic heterocycles. The molecule has 0 N–H and O–H groups in total. The van der Waals surface area contributed by atoms with E-state index in [1.807, 2.05) is 30.3 Å². The van der Waals surface area contributed by atoms with E-state index < -0.39 is 18.4 Å². The Morgan fingerprint density at radius 2 is 1.96 bits per heavy atom. The van der Waals surface area contributed by atoms with Gasteiger partial charge in [-0.15, -0.1) is 0 Å². The average molecular weight is 414 g/mol. The number of hydrogen-bond acceptors (Lipinski definition) is 7. The number of carboxylic acids is 1. The van der Waals surface area contributed by atoms with Gasteiger partial charge in [0.05, 0.1) is 24.5 Å². The minimum absolute atomic E-state index is 0.189. The van der Waals surface area contributed by atoms with Crippen molar-refractivity contribution in [3.05, 3.63) is 64.6 Å². The molecule has 1 saturated heterocycles. The minimum atomic E-state index is -1.36. The number of rotatable bonds is 7. The van der Waals surface area contributed by atoms with E-state index in [0.717, 1.165) is 22.2 Å². The maximum absolute atomic E-state index is 12.4. The summed E-state index contributed by atoms with van der Waals surface area (Å²) in [6, 6.07) is 15.0. The van der Waals surface area contributed by atoms with E-state index in [2.05, 4.69) is 0 Å². The van der Waals surface area contributed by atoms with E-state index in [1.54, 1.807) is 31.4 Å². The second kappa shape index (κ2) is 8.90. The summed E-state index contributed by atoms with van der Waals surface area (Å²) in [5, 5.41) is 10.8. The molecule has 6 nitrogen and oxygen atoms in total. The van der Waals surface area contributed by atoms with Gasteiger partial charge in [-0.1, -0.05) is 60.4 Å². The van der Waals surface area contributed by atoms with E-state index in [4.69, 9.17) is 21.7 Å². The minimum Gasteiger partial charge on any atom is -0.548 e. The van der Waals surface area contributed by atoms with E-state index in [9.17, 15) is 14.7 Å². The second-order valence-corrected chi connectivity index (χ2v) is 7.50. The third kappa shape index (κ3) is 4.71. The molecule has 28 heavy (non-hydrogen) atoms. The summed E-state index contributed by atoms with van der Waals surface area (Å²) in [4.78, 5) is 24.5. The fourth-order valence-corrected chi connectivity index (χ4v) is 3.80. The van der Waals surface area contributed by atoms with Crippen LogP contribution >= 0.6 is 24.0 Å². The Labute approximate surface area is 171 Å². The average Bonchev–Trinajstić information content (AvgIpc) is 2.94. The summed E-state index contributed by atoms with van der Waals surface area (Å²) < 4.78 is 11.4. The first kappa shape index (κ1) is 19.9. The first-order chi connectivity index (χ1) is 13.5. The number of thiocarbonyl (C=S) groups is 1. The molecule has 1 aliphatic rings. The lowest BCUT2D eigenvalue weighted by Crippen LogP contribution is -2.40. The SMILES string of the molecule is COc1ccc(/C=C2\SC(=S)N(CC(=O)[O-])C2=O)cc1OCc1ccccc1. The highest BCUT2D eigenvalue weighted by Crippen LogP contribution is 2.34. The van der Waals surface area contributed by atoms with Crippen molar-refractivity contribution in [2.75, 3.05) is 13.7 Å². The van der Waals surface area contributed by atoms with Crippen molar-refractivity contribution in [1.82, 2.24) is 4.90 Å². The summed E-state index contributed by atoms with van der Waals surface area (Å²) in [6.07, 6.45) is 1.64. The van der Waals surface area contributed by atoms with Crippen LogP contribution in [0.1, 0.15) is 11.1 Å². The molecule has 2 aromatic rings. The van der Waals surface area contributed by atoms with Gasteiger partial charge in [0, 0.05) is 0 Å². The van der Waals surface area contributed by atoms with Gasteiger partial charge in [-0.2, -0.15) is 0 Å². The van der Waals surface area contributed by atoms with Crippen LogP contribution in [0, 0.1) is 0 Å². The molecule has 0 unspecified atom stereocenters. The molecule has 0 aliphatic carbocycles. The lowest BCUT2D eigenvalue weighted by atomic mass is 10.1. The van der Waals surface area contributed by atoms with Crippen molar-refractivity contribution in [2.45, 2.75) is 6.61 Å². The molecule has 2 aromatic carbocycles. The summed E-state index contributed by atoms with van der Waals surface area (Å²) in [6.45, 7) is -0.190. The maximum Gasteiger partial charge on any atom is 0.266 e. The lowest BCUT2D eigenvalue weighted by molar-refractivity contribution is -0.305. The highest BCUT2D eigenvalue weighted by molar-refractivity contribution is 8.26. The molecule has 0 spiro atoms. The van der Waals surface area contributed by atoms with Gasteiger partial charge in [0.15, 0.2) is 11.5 Å². The molecule has 0 radical (unpaired) electrons. The zero-order valence-electron chi connectivity index (χ0n) is 14.9. The van der Waals surface area contributed by atoms with Gasteiger partial charge in [-0.25, -0.2) is 0 Å². The molecule has 1 amide bonds. The number of thioether (sulfide) groups is 1. The van der Waals surface area contributed by atoms with Crippen molar-refractivity contribution in [3.63, 3.8) is 0 Å². The van der Waals surface area contributed by atoms with Crippen LogP contribution in [0.3, 0.4) is 0 Å². The fraction of sp³-hybridized carbons (Fsp3) is 0.150. The Morgan fingerprint density at radius 3 is 2.64 bits per heavy atom. The van der Waals surface area contributed by atoms with Gasteiger partial charge in [-0.3, -0.25) is 9.69 Å². The Morgan fingerprint density at radius 1 is 1.21 bits per heavy atom. The highest BCUT2D eigenvalue weighted by atomic mass is 32.2. The highest BCUT2D eigenvalue weighted by Gasteiger charge is 2.31. The predicted molar refractivity (Wildman–Crippen MR) is 109 cm³/mol. The van der Waals surface area contributed by atoms with E-state index in [1.165, 1.54) is 0 Å². The van der Waals surface area contributed by atoms with Crippen LogP contribution in [0.25, 0.3) is 6.08 Å². The number of benzene rings is 2. The topological polar surface area (TPSA) is 78.9 Å². The molecule has 1 aliphatic heterocycles. The van der Waals surface area contributed by atoms with Crippen molar-refractivity contribution < 1.29 is 24.2 Å². The number of carbonyl (C=O) groups is 2.